The molecule has 1 aliphatic carbocycles. The van der Waals surface area contributed by atoms with Crippen LogP contribution in [0.2, 0.25) is 0 Å². The van der Waals surface area contributed by atoms with E-state index in [4.69, 9.17) is 0 Å². The van der Waals surface area contributed by atoms with Gasteiger partial charge in [0.25, 0.3) is 0 Å². The molecule has 2 rings (SSSR count). The molecule has 1 aromatic carbocycles. The Labute approximate surface area is 107 Å². The average Bonchev–Trinajstić information content (AvgIpc) is 2.56. The maximum absolute atomic E-state index is 3.61. The Morgan fingerprint density at radius 3 is 2.81 bits per heavy atom. The first-order valence-corrected chi connectivity index (χ1v) is 6.78. The van der Waals surface area contributed by atoms with Crippen LogP contribution in [0.25, 0.3) is 0 Å². The van der Waals surface area contributed by atoms with Crippen LogP contribution in [0.1, 0.15) is 44.2 Å². The summed E-state index contributed by atoms with van der Waals surface area (Å²) < 4.78 is 1.20. The van der Waals surface area contributed by atoms with Gasteiger partial charge in [0, 0.05) is 16.6 Å². The van der Waals surface area contributed by atoms with E-state index in [0.717, 1.165) is 6.54 Å². The lowest BCUT2D eigenvalue weighted by Gasteiger charge is -2.23. The fraction of sp³-hybridized carbons (Fsp3) is 0.571. The molecule has 1 N–H and O–H groups in total. The quantitative estimate of drug-likeness (QED) is 0.868. The Morgan fingerprint density at radius 1 is 1.38 bits per heavy atom. The Morgan fingerprint density at radius 2 is 2.12 bits per heavy atom. The first kappa shape index (κ1) is 12.1. The fourth-order valence-corrected chi connectivity index (χ4v) is 2.72. The largest absolute Gasteiger partial charge is 0.311 e. The molecule has 0 fully saturated rings. The minimum atomic E-state index is 0.220. The summed E-state index contributed by atoms with van der Waals surface area (Å²) in [6, 6.07) is 6.71. The molecular weight excluding hydrogens is 262 g/mol. The molecule has 0 amide bonds. The molecular formula is C14H20BrN. The molecule has 1 unspecified atom stereocenters. The van der Waals surface area contributed by atoms with Crippen LogP contribution in [-0.2, 0) is 6.42 Å². The zero-order valence-electron chi connectivity index (χ0n) is 10.3. The lowest BCUT2D eigenvalue weighted by molar-refractivity contribution is 0.405. The Bertz CT molecular complexity index is 379. The molecule has 1 aromatic rings. The van der Waals surface area contributed by atoms with E-state index in [1.165, 1.54) is 22.9 Å². The number of halogens is 1. The summed E-state index contributed by atoms with van der Waals surface area (Å²) in [5.74, 6) is 0.697. The SMILES string of the molecule is CC(C)(C)NCC1CCc2cc(Br)ccc21. The summed E-state index contributed by atoms with van der Waals surface area (Å²) in [5.41, 5.74) is 3.29. The van der Waals surface area contributed by atoms with Crippen LogP contribution in [0, 0.1) is 0 Å². The third kappa shape index (κ3) is 2.86. The second-order valence-corrected chi connectivity index (χ2v) is 6.63. The third-order valence-electron chi connectivity index (χ3n) is 3.19. The minimum Gasteiger partial charge on any atom is -0.311 e. The maximum Gasteiger partial charge on any atom is 0.0178 e. The first-order valence-electron chi connectivity index (χ1n) is 5.99. The summed E-state index contributed by atoms with van der Waals surface area (Å²) in [5, 5.41) is 3.61. The van der Waals surface area contributed by atoms with Crippen molar-refractivity contribution in [2.24, 2.45) is 0 Å². The summed E-state index contributed by atoms with van der Waals surface area (Å²) >= 11 is 3.54. The highest BCUT2D eigenvalue weighted by Crippen LogP contribution is 2.34. The van der Waals surface area contributed by atoms with E-state index < -0.39 is 0 Å². The van der Waals surface area contributed by atoms with Crippen molar-refractivity contribution in [2.75, 3.05) is 6.54 Å². The molecule has 0 bridgehead atoms. The van der Waals surface area contributed by atoms with Gasteiger partial charge in [0.05, 0.1) is 0 Å². The molecule has 16 heavy (non-hydrogen) atoms. The van der Waals surface area contributed by atoms with Crippen LogP contribution in [-0.4, -0.2) is 12.1 Å². The van der Waals surface area contributed by atoms with Crippen molar-refractivity contribution in [1.29, 1.82) is 0 Å². The van der Waals surface area contributed by atoms with E-state index in [0.29, 0.717) is 5.92 Å². The van der Waals surface area contributed by atoms with E-state index in [1.807, 2.05) is 0 Å². The standard InChI is InChI=1S/C14H20BrN/c1-14(2,3)16-9-11-5-4-10-8-12(15)6-7-13(10)11/h6-8,11,16H,4-5,9H2,1-3H3. The number of benzene rings is 1. The third-order valence-corrected chi connectivity index (χ3v) is 3.68. The molecule has 0 spiro atoms. The van der Waals surface area contributed by atoms with Gasteiger partial charge >= 0.3 is 0 Å². The van der Waals surface area contributed by atoms with Gasteiger partial charge in [-0.1, -0.05) is 22.0 Å². The van der Waals surface area contributed by atoms with Crippen molar-refractivity contribution in [3.8, 4) is 0 Å². The molecule has 0 saturated carbocycles. The second kappa shape index (κ2) is 4.50. The zero-order chi connectivity index (χ0) is 11.8. The van der Waals surface area contributed by atoms with Gasteiger partial charge in [-0.15, -0.1) is 0 Å². The minimum absolute atomic E-state index is 0.220. The lowest BCUT2D eigenvalue weighted by atomic mass is 9.99. The fourth-order valence-electron chi connectivity index (χ4n) is 2.32. The van der Waals surface area contributed by atoms with Gasteiger partial charge in [0.2, 0.25) is 0 Å². The number of aryl methyl sites for hydroxylation is 1. The van der Waals surface area contributed by atoms with Gasteiger partial charge < -0.3 is 5.32 Å². The summed E-state index contributed by atoms with van der Waals surface area (Å²) in [6.45, 7) is 7.78. The summed E-state index contributed by atoms with van der Waals surface area (Å²) in [6.07, 6.45) is 2.51. The van der Waals surface area contributed by atoms with E-state index in [2.05, 4.69) is 60.2 Å². The van der Waals surface area contributed by atoms with Gasteiger partial charge in [-0.2, -0.15) is 0 Å². The highest BCUT2D eigenvalue weighted by atomic mass is 79.9. The maximum atomic E-state index is 3.61. The van der Waals surface area contributed by atoms with Crippen LogP contribution in [0.3, 0.4) is 0 Å². The Balaban J connectivity index is 2.06. The predicted molar refractivity (Wildman–Crippen MR) is 73.0 cm³/mol. The van der Waals surface area contributed by atoms with Crippen molar-refractivity contribution in [3.63, 3.8) is 0 Å². The number of nitrogens with one attached hydrogen (secondary N) is 1. The van der Waals surface area contributed by atoms with Gasteiger partial charge in [-0.05, 0) is 62.8 Å². The number of hydrogen-bond acceptors (Lipinski definition) is 1. The topological polar surface area (TPSA) is 12.0 Å². The van der Waals surface area contributed by atoms with Crippen LogP contribution < -0.4 is 5.32 Å². The van der Waals surface area contributed by atoms with Crippen molar-refractivity contribution >= 4 is 15.9 Å². The average molecular weight is 282 g/mol. The van der Waals surface area contributed by atoms with E-state index in [-0.39, 0.29) is 5.54 Å². The van der Waals surface area contributed by atoms with Crippen molar-refractivity contribution < 1.29 is 0 Å². The predicted octanol–water partition coefficient (Wildman–Crippen LogP) is 3.87. The molecule has 1 atom stereocenters. The smallest absolute Gasteiger partial charge is 0.0178 e. The molecule has 2 heteroatoms. The molecule has 0 aliphatic heterocycles. The van der Waals surface area contributed by atoms with Crippen LogP contribution >= 0.6 is 15.9 Å². The van der Waals surface area contributed by atoms with Crippen LogP contribution in [0.15, 0.2) is 22.7 Å². The van der Waals surface area contributed by atoms with E-state index >= 15 is 0 Å². The molecule has 1 nitrogen and oxygen atoms in total. The molecule has 0 heterocycles. The molecule has 88 valence electrons. The Kier molecular flexibility index (Phi) is 3.41. The van der Waals surface area contributed by atoms with Gasteiger partial charge in [-0.3, -0.25) is 0 Å². The second-order valence-electron chi connectivity index (χ2n) is 5.71. The van der Waals surface area contributed by atoms with Gasteiger partial charge in [0.15, 0.2) is 0 Å². The highest BCUT2D eigenvalue weighted by molar-refractivity contribution is 9.10. The van der Waals surface area contributed by atoms with Crippen molar-refractivity contribution in [1.82, 2.24) is 5.32 Å². The zero-order valence-corrected chi connectivity index (χ0v) is 11.9. The number of fused-ring (bicyclic) bond motifs is 1. The monoisotopic (exact) mass is 281 g/mol. The number of hydrogen-bond donors (Lipinski definition) is 1. The normalized spacial score (nSPS) is 19.9. The molecule has 1 aliphatic rings. The molecule has 0 aromatic heterocycles. The summed E-state index contributed by atoms with van der Waals surface area (Å²) in [4.78, 5) is 0. The summed E-state index contributed by atoms with van der Waals surface area (Å²) in [7, 11) is 0. The first-order chi connectivity index (χ1) is 7.46. The van der Waals surface area contributed by atoms with E-state index in [1.54, 1.807) is 5.56 Å². The van der Waals surface area contributed by atoms with Crippen molar-refractivity contribution in [3.05, 3.63) is 33.8 Å². The van der Waals surface area contributed by atoms with Crippen molar-refractivity contribution in [2.45, 2.75) is 45.1 Å². The van der Waals surface area contributed by atoms with E-state index in [9.17, 15) is 0 Å². The van der Waals surface area contributed by atoms with Crippen LogP contribution in [0.4, 0.5) is 0 Å². The van der Waals surface area contributed by atoms with Gasteiger partial charge in [0.1, 0.15) is 0 Å². The molecule has 0 radical (unpaired) electrons. The highest BCUT2D eigenvalue weighted by Gasteiger charge is 2.23. The Hall–Kier alpha value is -0.340. The van der Waals surface area contributed by atoms with Crippen LogP contribution in [0.5, 0.6) is 0 Å². The van der Waals surface area contributed by atoms with Gasteiger partial charge in [-0.25, -0.2) is 0 Å². The lowest BCUT2D eigenvalue weighted by Crippen LogP contribution is -2.38. The number of rotatable bonds is 2. The molecule has 0 saturated heterocycles.